The van der Waals surface area contributed by atoms with Crippen molar-refractivity contribution < 1.29 is 0 Å². The fourth-order valence-corrected chi connectivity index (χ4v) is 2.14. The lowest BCUT2D eigenvalue weighted by Crippen LogP contribution is -1.83. The average molecular weight is 184 g/mol. The molecule has 0 saturated heterocycles. The monoisotopic (exact) mass is 184 g/mol. The molecule has 60 valence electrons. The van der Waals surface area contributed by atoms with Crippen molar-refractivity contribution >= 4 is 24.4 Å². The molecule has 0 aliphatic carbocycles. The van der Waals surface area contributed by atoms with Gasteiger partial charge in [-0.3, -0.25) is 0 Å². The van der Waals surface area contributed by atoms with Crippen molar-refractivity contribution in [2.45, 2.75) is 23.6 Å². The topological polar surface area (TPSA) is 0 Å². The first kappa shape index (κ1) is 9.01. The summed E-state index contributed by atoms with van der Waals surface area (Å²) in [6.45, 7) is 4.20. The smallest absolute Gasteiger partial charge is 0.0112 e. The maximum Gasteiger partial charge on any atom is 0.0112 e. The van der Waals surface area contributed by atoms with E-state index < -0.39 is 0 Å². The van der Waals surface area contributed by atoms with Gasteiger partial charge in [0, 0.05) is 9.79 Å². The van der Waals surface area contributed by atoms with Crippen LogP contribution in [0.4, 0.5) is 0 Å². The summed E-state index contributed by atoms with van der Waals surface area (Å²) in [5.74, 6) is 0. The highest BCUT2D eigenvalue weighted by Gasteiger charge is 2.00. The minimum Gasteiger partial charge on any atom is -0.143 e. The van der Waals surface area contributed by atoms with Crippen LogP contribution >= 0.6 is 24.4 Å². The Bertz CT molecular complexity index is 267. The van der Waals surface area contributed by atoms with E-state index in [4.69, 9.17) is 0 Å². The van der Waals surface area contributed by atoms with Crippen molar-refractivity contribution in [1.29, 1.82) is 0 Å². The van der Waals surface area contributed by atoms with Gasteiger partial charge in [-0.25, -0.2) is 0 Å². The third-order valence-electron chi connectivity index (χ3n) is 1.70. The highest BCUT2D eigenvalue weighted by Crippen LogP contribution is 2.26. The Morgan fingerprint density at radius 1 is 1.27 bits per heavy atom. The summed E-state index contributed by atoms with van der Waals surface area (Å²) in [4.78, 5) is 2.42. The average Bonchev–Trinajstić information content (AvgIpc) is 1.96. The zero-order chi connectivity index (χ0) is 8.43. The van der Waals surface area contributed by atoms with Crippen molar-refractivity contribution in [3.05, 3.63) is 23.3 Å². The summed E-state index contributed by atoms with van der Waals surface area (Å²) in [5.41, 5.74) is 2.57. The Morgan fingerprint density at radius 3 is 2.45 bits per heavy atom. The van der Waals surface area contributed by atoms with Gasteiger partial charge < -0.3 is 0 Å². The number of benzene rings is 1. The second-order valence-electron chi connectivity index (χ2n) is 2.61. The Hall–Kier alpha value is -0.0800. The number of thioether (sulfide) groups is 1. The van der Waals surface area contributed by atoms with Gasteiger partial charge in [0.1, 0.15) is 0 Å². The van der Waals surface area contributed by atoms with Crippen LogP contribution in [0.2, 0.25) is 0 Å². The van der Waals surface area contributed by atoms with E-state index in [0.717, 1.165) is 4.90 Å². The molecular weight excluding hydrogens is 172 g/mol. The zero-order valence-corrected chi connectivity index (χ0v) is 8.72. The summed E-state index contributed by atoms with van der Waals surface area (Å²) in [6.07, 6.45) is 2.09. The molecule has 0 spiro atoms. The molecule has 0 unspecified atom stereocenters. The number of aryl methyl sites for hydroxylation is 1. The van der Waals surface area contributed by atoms with Crippen molar-refractivity contribution in [3.63, 3.8) is 0 Å². The van der Waals surface area contributed by atoms with Crippen molar-refractivity contribution in [3.8, 4) is 0 Å². The van der Waals surface area contributed by atoms with E-state index in [0.29, 0.717) is 0 Å². The Kier molecular flexibility index (Phi) is 2.90. The van der Waals surface area contributed by atoms with Gasteiger partial charge in [0.25, 0.3) is 0 Å². The number of rotatable bonds is 1. The SMILES string of the molecule is CSc1cc(C)cc(S)c1C. The summed E-state index contributed by atoms with van der Waals surface area (Å²) >= 11 is 6.15. The van der Waals surface area contributed by atoms with Gasteiger partial charge in [0.15, 0.2) is 0 Å². The Labute approximate surface area is 77.8 Å². The molecule has 0 aromatic heterocycles. The van der Waals surface area contributed by atoms with Crippen molar-refractivity contribution in [2.75, 3.05) is 6.26 Å². The van der Waals surface area contributed by atoms with E-state index >= 15 is 0 Å². The van der Waals surface area contributed by atoms with E-state index in [1.807, 2.05) is 0 Å². The summed E-state index contributed by atoms with van der Waals surface area (Å²) in [7, 11) is 0. The number of thiol groups is 1. The van der Waals surface area contributed by atoms with E-state index in [1.54, 1.807) is 11.8 Å². The second kappa shape index (κ2) is 3.55. The molecular formula is C9H12S2. The molecule has 0 radical (unpaired) electrons. The normalized spacial score (nSPS) is 10.2. The lowest BCUT2D eigenvalue weighted by Gasteiger charge is -2.06. The van der Waals surface area contributed by atoms with E-state index in [9.17, 15) is 0 Å². The van der Waals surface area contributed by atoms with Crippen LogP contribution in [0.1, 0.15) is 11.1 Å². The van der Waals surface area contributed by atoms with Gasteiger partial charge in [-0.1, -0.05) is 0 Å². The third kappa shape index (κ3) is 1.94. The zero-order valence-electron chi connectivity index (χ0n) is 7.01. The first-order valence-electron chi connectivity index (χ1n) is 3.49. The molecule has 1 rings (SSSR count). The first-order chi connectivity index (χ1) is 5.15. The molecule has 1 aromatic carbocycles. The van der Waals surface area contributed by atoms with Crippen LogP contribution in [0.5, 0.6) is 0 Å². The standard InChI is InChI=1S/C9H12S2/c1-6-4-8(10)7(2)9(5-6)11-3/h4-5,10H,1-3H3. The van der Waals surface area contributed by atoms with Crippen LogP contribution in [0, 0.1) is 13.8 Å². The molecule has 11 heavy (non-hydrogen) atoms. The van der Waals surface area contributed by atoms with E-state index in [2.05, 4.69) is 44.9 Å². The summed E-state index contributed by atoms with van der Waals surface area (Å²) < 4.78 is 0. The van der Waals surface area contributed by atoms with Crippen LogP contribution in [0.15, 0.2) is 21.9 Å². The molecule has 0 N–H and O–H groups in total. The van der Waals surface area contributed by atoms with Gasteiger partial charge in [-0.2, -0.15) is 0 Å². The Morgan fingerprint density at radius 2 is 1.91 bits per heavy atom. The molecule has 2 heteroatoms. The quantitative estimate of drug-likeness (QED) is 0.516. The minimum absolute atomic E-state index is 1.09. The van der Waals surface area contributed by atoms with Gasteiger partial charge in [0.05, 0.1) is 0 Å². The van der Waals surface area contributed by atoms with Gasteiger partial charge >= 0.3 is 0 Å². The molecule has 0 bridgehead atoms. The van der Waals surface area contributed by atoms with Crippen LogP contribution in [-0.2, 0) is 0 Å². The van der Waals surface area contributed by atoms with E-state index in [1.165, 1.54) is 16.0 Å². The van der Waals surface area contributed by atoms with Crippen molar-refractivity contribution in [2.24, 2.45) is 0 Å². The van der Waals surface area contributed by atoms with E-state index in [-0.39, 0.29) is 0 Å². The van der Waals surface area contributed by atoms with Gasteiger partial charge in [-0.15, -0.1) is 24.4 Å². The second-order valence-corrected chi connectivity index (χ2v) is 3.94. The lowest BCUT2D eigenvalue weighted by atomic mass is 10.2. The summed E-state index contributed by atoms with van der Waals surface area (Å²) in [6, 6.07) is 4.29. The van der Waals surface area contributed by atoms with Crippen LogP contribution < -0.4 is 0 Å². The predicted molar refractivity (Wildman–Crippen MR) is 54.9 cm³/mol. The predicted octanol–water partition coefficient (Wildman–Crippen LogP) is 3.31. The minimum atomic E-state index is 1.09. The number of hydrogen-bond acceptors (Lipinski definition) is 2. The maximum absolute atomic E-state index is 4.38. The molecule has 0 atom stereocenters. The summed E-state index contributed by atoms with van der Waals surface area (Å²) in [5, 5.41) is 0. The highest BCUT2D eigenvalue weighted by atomic mass is 32.2. The molecule has 0 amide bonds. The van der Waals surface area contributed by atoms with Crippen LogP contribution in [-0.4, -0.2) is 6.26 Å². The van der Waals surface area contributed by atoms with Gasteiger partial charge in [0.2, 0.25) is 0 Å². The highest BCUT2D eigenvalue weighted by molar-refractivity contribution is 7.98. The molecule has 0 aliphatic rings. The molecule has 0 aliphatic heterocycles. The molecule has 0 nitrogen and oxygen atoms in total. The maximum atomic E-state index is 4.38. The molecule has 0 fully saturated rings. The van der Waals surface area contributed by atoms with Crippen LogP contribution in [0.3, 0.4) is 0 Å². The third-order valence-corrected chi connectivity index (χ3v) is 3.03. The fraction of sp³-hybridized carbons (Fsp3) is 0.333. The van der Waals surface area contributed by atoms with Crippen LogP contribution in [0.25, 0.3) is 0 Å². The van der Waals surface area contributed by atoms with Gasteiger partial charge in [-0.05, 0) is 43.4 Å². The largest absolute Gasteiger partial charge is 0.143 e. The molecule has 1 aromatic rings. The van der Waals surface area contributed by atoms with Crippen molar-refractivity contribution in [1.82, 2.24) is 0 Å². The Balaban J connectivity index is 3.24. The lowest BCUT2D eigenvalue weighted by molar-refractivity contribution is 1.17. The molecule has 0 saturated carbocycles. The molecule has 0 heterocycles. The number of hydrogen-bond donors (Lipinski definition) is 1. The first-order valence-corrected chi connectivity index (χ1v) is 5.16. The fourth-order valence-electron chi connectivity index (χ4n) is 1.02.